The molecule has 226 valence electrons. The summed E-state index contributed by atoms with van der Waals surface area (Å²) in [5, 5.41) is 14.2. The first-order chi connectivity index (χ1) is 24.3. The van der Waals surface area contributed by atoms with Gasteiger partial charge < -0.3 is 4.74 Å². The Balaban J connectivity index is 1.18. The third-order valence-corrected chi connectivity index (χ3v) is 10.0. The van der Waals surface area contributed by atoms with E-state index >= 15 is 0 Å². The molecule has 0 aliphatic carbocycles. The van der Waals surface area contributed by atoms with Crippen LogP contribution in [0.2, 0.25) is 0 Å². The molecule has 1 aliphatic rings. The van der Waals surface area contributed by atoms with Crippen molar-refractivity contribution in [2.24, 2.45) is 0 Å². The average Bonchev–Trinajstić information content (AvgIpc) is 3.17. The predicted molar refractivity (Wildman–Crippen MR) is 201 cm³/mol. The number of nitrogens with zero attached hydrogens (tertiary/aromatic N) is 3. The van der Waals surface area contributed by atoms with Crippen LogP contribution in [0.1, 0.15) is 0 Å². The molecule has 0 spiro atoms. The topological polar surface area (TPSA) is 47.9 Å². The van der Waals surface area contributed by atoms with Gasteiger partial charge >= 0.3 is 0 Å². The summed E-state index contributed by atoms with van der Waals surface area (Å²) >= 11 is 0. The van der Waals surface area contributed by atoms with Crippen LogP contribution in [-0.2, 0) is 0 Å². The first-order valence-corrected chi connectivity index (χ1v) is 16.5. The predicted octanol–water partition coefficient (Wildman–Crippen LogP) is 11.9. The maximum Gasteiger partial charge on any atom is 0.167 e. The van der Waals surface area contributed by atoms with Gasteiger partial charge in [-0.2, -0.15) is 0 Å². The van der Waals surface area contributed by atoms with Crippen LogP contribution in [0.4, 0.5) is 0 Å². The van der Waals surface area contributed by atoms with Crippen molar-refractivity contribution in [3.8, 4) is 45.7 Å². The molecule has 11 rings (SSSR count). The quantitative estimate of drug-likeness (QED) is 0.184. The SMILES string of the molecule is c1ccc(-c2nc(-c3ccc4ccc5c6ccccc6ccc5c4c3)nc(-c3ccc4ccc5ccc6cccc7c6c5c4c3O7)n2)cc1. The van der Waals surface area contributed by atoms with Crippen molar-refractivity contribution < 1.29 is 4.74 Å². The molecule has 0 amide bonds. The lowest BCUT2D eigenvalue weighted by atomic mass is 9.92. The maximum absolute atomic E-state index is 6.80. The van der Waals surface area contributed by atoms with E-state index in [9.17, 15) is 0 Å². The van der Waals surface area contributed by atoms with E-state index < -0.39 is 0 Å². The van der Waals surface area contributed by atoms with Crippen molar-refractivity contribution in [3.63, 3.8) is 0 Å². The summed E-state index contributed by atoms with van der Waals surface area (Å²) in [7, 11) is 0. The molecule has 9 aromatic carbocycles. The minimum Gasteiger partial charge on any atom is -0.455 e. The zero-order chi connectivity index (χ0) is 32.1. The minimum atomic E-state index is 0.577. The summed E-state index contributed by atoms with van der Waals surface area (Å²) in [5.41, 5.74) is 2.70. The number of rotatable bonds is 3. The molecule has 1 aromatic heterocycles. The van der Waals surface area contributed by atoms with Gasteiger partial charge in [-0.25, -0.2) is 15.0 Å². The van der Waals surface area contributed by atoms with Gasteiger partial charge in [0.05, 0.1) is 5.56 Å². The Hall–Kier alpha value is -6.65. The van der Waals surface area contributed by atoms with Gasteiger partial charge in [-0.05, 0) is 66.7 Å². The highest BCUT2D eigenvalue weighted by atomic mass is 16.5. The third kappa shape index (κ3) is 3.89. The second kappa shape index (κ2) is 9.93. The van der Waals surface area contributed by atoms with Crippen LogP contribution in [0, 0.1) is 0 Å². The molecule has 2 heterocycles. The Morgan fingerprint density at radius 2 is 0.939 bits per heavy atom. The zero-order valence-corrected chi connectivity index (χ0v) is 26.2. The van der Waals surface area contributed by atoms with Crippen molar-refractivity contribution >= 4 is 64.6 Å². The second-order valence-corrected chi connectivity index (χ2v) is 12.8. The Morgan fingerprint density at radius 3 is 1.78 bits per heavy atom. The van der Waals surface area contributed by atoms with E-state index in [-0.39, 0.29) is 0 Å². The highest BCUT2D eigenvalue weighted by Gasteiger charge is 2.24. The lowest BCUT2D eigenvalue weighted by Crippen LogP contribution is -2.03. The number of aromatic nitrogens is 3. The van der Waals surface area contributed by atoms with Gasteiger partial charge in [-0.1, -0.05) is 133 Å². The van der Waals surface area contributed by atoms with Crippen LogP contribution >= 0.6 is 0 Å². The first kappa shape index (κ1) is 26.4. The molecule has 4 nitrogen and oxygen atoms in total. The molecule has 0 fully saturated rings. The van der Waals surface area contributed by atoms with Crippen molar-refractivity contribution in [2.45, 2.75) is 0 Å². The van der Waals surface area contributed by atoms with Crippen LogP contribution in [0.15, 0.2) is 152 Å². The summed E-state index contributed by atoms with van der Waals surface area (Å²) in [4.78, 5) is 15.4. The fourth-order valence-electron chi connectivity index (χ4n) is 7.72. The van der Waals surface area contributed by atoms with Gasteiger partial charge in [0, 0.05) is 27.3 Å². The number of fused-ring (bicyclic) bond motifs is 5. The molecule has 0 atom stereocenters. The minimum absolute atomic E-state index is 0.577. The van der Waals surface area contributed by atoms with Crippen LogP contribution in [0.25, 0.3) is 98.8 Å². The molecule has 0 unspecified atom stereocenters. The van der Waals surface area contributed by atoms with Gasteiger partial charge in [0.2, 0.25) is 0 Å². The molecular weight excluding hydrogens is 599 g/mol. The Kier molecular flexibility index (Phi) is 5.35. The molecule has 49 heavy (non-hydrogen) atoms. The van der Waals surface area contributed by atoms with Crippen molar-refractivity contribution in [1.29, 1.82) is 0 Å². The average molecular weight is 624 g/mol. The fourth-order valence-corrected chi connectivity index (χ4v) is 7.72. The van der Waals surface area contributed by atoms with Gasteiger partial charge in [0.25, 0.3) is 0 Å². The molecule has 0 radical (unpaired) electrons. The molecule has 0 N–H and O–H groups in total. The fraction of sp³-hybridized carbons (Fsp3) is 0. The zero-order valence-electron chi connectivity index (χ0n) is 26.2. The van der Waals surface area contributed by atoms with Crippen molar-refractivity contribution in [3.05, 3.63) is 152 Å². The van der Waals surface area contributed by atoms with Gasteiger partial charge in [0.15, 0.2) is 17.5 Å². The molecule has 0 saturated heterocycles. The maximum atomic E-state index is 6.80. The highest BCUT2D eigenvalue weighted by molar-refractivity contribution is 6.26. The lowest BCUT2D eigenvalue weighted by Gasteiger charge is -2.22. The first-order valence-electron chi connectivity index (χ1n) is 16.5. The van der Waals surface area contributed by atoms with E-state index in [1.807, 2.05) is 30.3 Å². The number of ether oxygens (including phenoxy) is 1. The van der Waals surface area contributed by atoms with E-state index in [0.717, 1.165) is 44.3 Å². The molecule has 1 aliphatic heterocycles. The highest BCUT2D eigenvalue weighted by Crippen LogP contribution is 2.50. The van der Waals surface area contributed by atoms with E-state index in [4.69, 9.17) is 19.7 Å². The molecular formula is C45H25N3O. The lowest BCUT2D eigenvalue weighted by molar-refractivity contribution is 0.494. The monoisotopic (exact) mass is 623 g/mol. The summed E-state index contributed by atoms with van der Waals surface area (Å²) < 4.78 is 6.80. The Labute approximate surface area is 280 Å². The number of hydrogen-bond acceptors (Lipinski definition) is 4. The molecule has 0 bridgehead atoms. The second-order valence-electron chi connectivity index (χ2n) is 12.8. The van der Waals surface area contributed by atoms with Crippen molar-refractivity contribution in [2.75, 3.05) is 0 Å². The number of hydrogen-bond donors (Lipinski definition) is 0. The van der Waals surface area contributed by atoms with E-state index in [0.29, 0.717) is 17.5 Å². The summed E-state index contributed by atoms with van der Waals surface area (Å²) in [5.74, 6) is 3.44. The normalized spacial score (nSPS) is 12.2. The van der Waals surface area contributed by atoms with Crippen LogP contribution < -0.4 is 4.74 Å². The van der Waals surface area contributed by atoms with Crippen LogP contribution in [0.3, 0.4) is 0 Å². The smallest absolute Gasteiger partial charge is 0.167 e. The van der Waals surface area contributed by atoms with E-state index in [1.54, 1.807) is 0 Å². The largest absolute Gasteiger partial charge is 0.455 e. The Morgan fingerprint density at radius 1 is 0.347 bits per heavy atom. The summed E-state index contributed by atoms with van der Waals surface area (Å²) in [6.45, 7) is 0. The summed E-state index contributed by atoms with van der Waals surface area (Å²) in [6.07, 6.45) is 0. The summed E-state index contributed by atoms with van der Waals surface area (Å²) in [6, 6.07) is 53.3. The standard InChI is InChI=1S/C45H25N3O/c1-2-8-31(9-3-1)43-46-44(32-18-13-27-20-22-34-33-11-5-4-7-26(33)19-23-35(34)37(27)25-32)48-45(47-43)36-24-21-30-17-16-29-15-14-28-10-6-12-38-39(28)40(29)41(30)42(36)49-38/h1-25H. The van der Waals surface area contributed by atoms with Gasteiger partial charge in [-0.3, -0.25) is 0 Å². The Bertz CT molecular complexity index is 3020. The third-order valence-electron chi connectivity index (χ3n) is 10.0. The van der Waals surface area contributed by atoms with E-state index in [1.165, 1.54) is 48.5 Å². The molecule has 10 aromatic rings. The van der Waals surface area contributed by atoms with Crippen LogP contribution in [0.5, 0.6) is 11.5 Å². The van der Waals surface area contributed by atoms with Gasteiger partial charge in [0.1, 0.15) is 11.5 Å². The van der Waals surface area contributed by atoms with Crippen LogP contribution in [-0.4, -0.2) is 15.0 Å². The molecule has 0 saturated carbocycles. The number of benzene rings is 9. The van der Waals surface area contributed by atoms with E-state index in [2.05, 4.69) is 121 Å². The van der Waals surface area contributed by atoms with Crippen molar-refractivity contribution in [1.82, 2.24) is 15.0 Å². The molecule has 4 heteroatoms. The van der Waals surface area contributed by atoms with Gasteiger partial charge in [-0.15, -0.1) is 0 Å².